The zero-order chi connectivity index (χ0) is 23.2. The molecule has 0 saturated heterocycles. The fourth-order valence-corrected chi connectivity index (χ4v) is 3.87. The van der Waals surface area contributed by atoms with Crippen LogP contribution >= 0.6 is 12.2 Å². The molecular weight excluding hydrogens is 436 g/mol. The van der Waals surface area contributed by atoms with Crippen LogP contribution in [0.2, 0.25) is 0 Å². The number of anilines is 1. The molecule has 1 aliphatic rings. The maximum absolute atomic E-state index is 13.2. The second kappa shape index (κ2) is 10.1. The Balaban J connectivity index is 1.64. The lowest BCUT2D eigenvalue weighted by Gasteiger charge is -2.30. The first kappa shape index (κ1) is 22.3. The summed E-state index contributed by atoms with van der Waals surface area (Å²) in [5.74, 6) is 0.929. The molecule has 0 aliphatic carbocycles. The number of amides is 1. The van der Waals surface area contributed by atoms with E-state index >= 15 is 0 Å². The molecule has 0 unspecified atom stereocenters. The Morgan fingerprint density at radius 2 is 1.94 bits per heavy atom. The van der Waals surface area contributed by atoms with E-state index in [4.69, 9.17) is 21.7 Å². The predicted molar refractivity (Wildman–Crippen MR) is 131 cm³/mol. The van der Waals surface area contributed by atoms with Gasteiger partial charge in [0.05, 0.1) is 30.6 Å². The van der Waals surface area contributed by atoms with Crippen LogP contribution in [-0.2, 0) is 11.4 Å². The van der Waals surface area contributed by atoms with E-state index in [0.717, 1.165) is 11.1 Å². The quantitative estimate of drug-likeness (QED) is 0.458. The molecule has 1 aromatic heterocycles. The summed E-state index contributed by atoms with van der Waals surface area (Å²) in [7, 11) is 1.60. The molecule has 0 radical (unpaired) electrons. The molecule has 168 valence electrons. The van der Waals surface area contributed by atoms with Gasteiger partial charge in [-0.05, 0) is 54.5 Å². The van der Waals surface area contributed by atoms with Crippen molar-refractivity contribution < 1.29 is 14.3 Å². The van der Waals surface area contributed by atoms with Gasteiger partial charge in [-0.1, -0.05) is 36.4 Å². The summed E-state index contributed by atoms with van der Waals surface area (Å²) in [4.78, 5) is 17.3. The van der Waals surface area contributed by atoms with E-state index in [1.54, 1.807) is 31.6 Å². The molecule has 0 saturated carbocycles. The number of pyridine rings is 1. The minimum atomic E-state index is -0.472. The number of nitrogens with one attached hydrogen (secondary N) is 3. The average molecular weight is 461 g/mol. The Morgan fingerprint density at radius 3 is 2.67 bits per heavy atom. The van der Waals surface area contributed by atoms with Crippen molar-refractivity contribution >= 4 is 28.9 Å². The molecule has 1 atom stereocenters. The number of hydrogen-bond donors (Lipinski definition) is 3. The summed E-state index contributed by atoms with van der Waals surface area (Å²) in [6, 6.07) is 18.6. The van der Waals surface area contributed by atoms with Gasteiger partial charge in [0.15, 0.2) is 16.6 Å². The van der Waals surface area contributed by atoms with Crippen LogP contribution in [0.25, 0.3) is 0 Å². The number of allylic oxidation sites excluding steroid dienone is 1. The highest BCUT2D eigenvalue weighted by Crippen LogP contribution is 2.35. The van der Waals surface area contributed by atoms with Crippen LogP contribution in [-0.4, -0.2) is 23.1 Å². The number of hydrogen-bond acceptors (Lipinski definition) is 5. The maximum Gasteiger partial charge on any atom is 0.255 e. The number of thiocarbonyl (C=S) groups is 1. The van der Waals surface area contributed by atoms with E-state index in [0.29, 0.717) is 40.2 Å². The molecule has 7 nitrogen and oxygen atoms in total. The molecule has 33 heavy (non-hydrogen) atoms. The average Bonchev–Trinajstić information content (AvgIpc) is 2.83. The second-order valence-electron chi connectivity index (χ2n) is 7.45. The third-order valence-corrected chi connectivity index (χ3v) is 5.41. The van der Waals surface area contributed by atoms with Crippen molar-refractivity contribution in [3.05, 3.63) is 95.5 Å². The van der Waals surface area contributed by atoms with Crippen LogP contribution in [0.5, 0.6) is 11.5 Å². The summed E-state index contributed by atoms with van der Waals surface area (Å²) >= 11 is 5.37. The van der Waals surface area contributed by atoms with Gasteiger partial charge in [-0.3, -0.25) is 9.78 Å². The minimum Gasteiger partial charge on any atom is -0.493 e. The molecule has 3 N–H and O–H groups in total. The van der Waals surface area contributed by atoms with Crippen molar-refractivity contribution in [3.8, 4) is 11.5 Å². The number of methoxy groups -OCH3 is 1. The lowest BCUT2D eigenvalue weighted by Crippen LogP contribution is -2.45. The van der Waals surface area contributed by atoms with Crippen molar-refractivity contribution in [2.24, 2.45) is 0 Å². The molecule has 3 aromatic rings. The van der Waals surface area contributed by atoms with E-state index in [9.17, 15) is 4.79 Å². The lowest BCUT2D eigenvalue weighted by atomic mass is 9.94. The van der Waals surface area contributed by atoms with Crippen molar-refractivity contribution in [2.45, 2.75) is 19.6 Å². The van der Waals surface area contributed by atoms with Gasteiger partial charge in [-0.25, -0.2) is 0 Å². The molecule has 8 heteroatoms. The molecule has 1 amide bonds. The Hall–Kier alpha value is -3.91. The van der Waals surface area contributed by atoms with Crippen molar-refractivity contribution in [1.29, 1.82) is 0 Å². The molecule has 2 heterocycles. The number of carbonyl (C=O) groups excluding carboxylic acids is 1. The summed E-state index contributed by atoms with van der Waals surface area (Å²) in [5, 5.41) is 9.60. The van der Waals surface area contributed by atoms with E-state index in [1.165, 1.54) is 0 Å². The normalized spacial score (nSPS) is 15.3. The van der Waals surface area contributed by atoms with Crippen LogP contribution in [0, 0.1) is 0 Å². The number of aromatic nitrogens is 1. The number of benzene rings is 2. The molecule has 4 rings (SSSR count). The number of carbonyl (C=O) groups is 1. The number of nitrogens with zero attached hydrogens (tertiary/aromatic N) is 1. The monoisotopic (exact) mass is 460 g/mol. The van der Waals surface area contributed by atoms with E-state index in [2.05, 4.69) is 20.9 Å². The van der Waals surface area contributed by atoms with E-state index in [-0.39, 0.29) is 5.91 Å². The Labute approximate surface area is 197 Å². The van der Waals surface area contributed by atoms with Crippen molar-refractivity contribution in [3.63, 3.8) is 0 Å². The first-order valence-corrected chi connectivity index (χ1v) is 10.8. The molecule has 2 aromatic carbocycles. The lowest BCUT2D eigenvalue weighted by molar-refractivity contribution is -0.113. The Kier molecular flexibility index (Phi) is 6.85. The van der Waals surface area contributed by atoms with Crippen LogP contribution in [0.3, 0.4) is 0 Å². The van der Waals surface area contributed by atoms with Gasteiger partial charge in [0.25, 0.3) is 5.91 Å². The minimum absolute atomic E-state index is 0.254. The summed E-state index contributed by atoms with van der Waals surface area (Å²) in [6.07, 6.45) is 3.25. The van der Waals surface area contributed by atoms with Gasteiger partial charge >= 0.3 is 0 Å². The van der Waals surface area contributed by atoms with Crippen LogP contribution in [0.4, 0.5) is 5.69 Å². The van der Waals surface area contributed by atoms with Gasteiger partial charge in [0.1, 0.15) is 6.61 Å². The van der Waals surface area contributed by atoms with Gasteiger partial charge < -0.3 is 25.4 Å². The number of rotatable bonds is 7. The highest BCUT2D eigenvalue weighted by Gasteiger charge is 2.30. The molecule has 0 bridgehead atoms. The van der Waals surface area contributed by atoms with Crippen LogP contribution in [0.1, 0.15) is 24.1 Å². The van der Waals surface area contributed by atoms with Crippen LogP contribution in [0.15, 0.2) is 84.3 Å². The van der Waals surface area contributed by atoms with Gasteiger partial charge in [-0.15, -0.1) is 0 Å². The third-order valence-electron chi connectivity index (χ3n) is 5.19. The fraction of sp³-hybridized carbons (Fsp3) is 0.160. The second-order valence-corrected chi connectivity index (χ2v) is 7.86. The molecule has 0 fully saturated rings. The largest absolute Gasteiger partial charge is 0.493 e. The van der Waals surface area contributed by atoms with Crippen molar-refractivity contribution in [1.82, 2.24) is 15.6 Å². The van der Waals surface area contributed by atoms with Crippen molar-refractivity contribution in [2.75, 3.05) is 12.4 Å². The third kappa shape index (κ3) is 5.30. The van der Waals surface area contributed by atoms with E-state index < -0.39 is 6.04 Å². The molecule has 1 aliphatic heterocycles. The Morgan fingerprint density at radius 1 is 1.12 bits per heavy atom. The Bertz CT molecular complexity index is 1180. The maximum atomic E-state index is 13.2. The SMILES string of the molecule is COc1ccc([C@@H]2NC(=S)NC(C)=C2C(=O)Nc2cccnc2)cc1OCc1ccccc1. The van der Waals surface area contributed by atoms with Crippen LogP contribution < -0.4 is 25.4 Å². The molecule has 0 spiro atoms. The summed E-state index contributed by atoms with van der Waals surface area (Å²) in [6.45, 7) is 2.22. The van der Waals surface area contributed by atoms with Gasteiger partial charge in [0.2, 0.25) is 0 Å². The zero-order valence-electron chi connectivity index (χ0n) is 18.3. The molecular formula is C25H24N4O3S. The highest BCUT2D eigenvalue weighted by molar-refractivity contribution is 7.80. The summed E-state index contributed by atoms with van der Waals surface area (Å²) < 4.78 is 11.6. The predicted octanol–water partition coefficient (Wildman–Crippen LogP) is 4.10. The zero-order valence-corrected chi connectivity index (χ0v) is 19.1. The highest BCUT2D eigenvalue weighted by atomic mass is 32.1. The fourth-order valence-electron chi connectivity index (χ4n) is 3.60. The van der Waals surface area contributed by atoms with E-state index in [1.807, 2.05) is 55.5 Å². The first-order chi connectivity index (χ1) is 16.0. The smallest absolute Gasteiger partial charge is 0.255 e. The van der Waals surface area contributed by atoms with Gasteiger partial charge in [0, 0.05) is 11.9 Å². The standard InChI is InChI=1S/C25H24N4O3S/c1-16-22(24(30)28-19-9-6-12-26-14-19)23(29-25(33)27-16)18-10-11-20(31-2)21(13-18)32-15-17-7-4-3-5-8-17/h3-14,23H,15H2,1-2H3,(H,28,30)(H2,27,29,33)/t23-/m0/s1. The summed E-state index contributed by atoms with van der Waals surface area (Å²) in [5.41, 5.74) is 3.66. The number of ether oxygens (including phenoxy) is 2. The first-order valence-electron chi connectivity index (χ1n) is 10.4. The van der Waals surface area contributed by atoms with Gasteiger partial charge in [-0.2, -0.15) is 0 Å². The topological polar surface area (TPSA) is 84.5 Å².